The zero-order valence-corrected chi connectivity index (χ0v) is 11.7. The maximum atomic E-state index is 11.7. The van der Waals surface area contributed by atoms with Crippen LogP contribution in [0.5, 0.6) is 0 Å². The first-order valence-corrected chi connectivity index (χ1v) is 7.06. The third-order valence-corrected chi connectivity index (χ3v) is 3.35. The molecule has 0 aromatic rings. The van der Waals surface area contributed by atoms with Crippen LogP contribution in [0.3, 0.4) is 0 Å². The summed E-state index contributed by atoms with van der Waals surface area (Å²) in [6.45, 7) is 5.41. The molecule has 2 N–H and O–H groups in total. The van der Waals surface area contributed by atoms with Crippen molar-refractivity contribution in [3.8, 4) is 0 Å². The number of carbonyl (C=O) groups excluding carboxylic acids is 2. The molecular formula is C10H20N2O2S2. The summed E-state index contributed by atoms with van der Waals surface area (Å²) in [5, 5.41) is 5.40. The SMILES string of the molecule is CCSCC(C)NC(=O)C(CS)NC(C)=O. The van der Waals surface area contributed by atoms with Crippen molar-refractivity contribution in [2.24, 2.45) is 0 Å². The van der Waals surface area contributed by atoms with Gasteiger partial charge in [0, 0.05) is 24.5 Å². The lowest BCUT2D eigenvalue weighted by Gasteiger charge is -2.19. The third-order valence-electron chi connectivity index (χ3n) is 1.84. The fourth-order valence-corrected chi connectivity index (χ4v) is 2.05. The van der Waals surface area contributed by atoms with Gasteiger partial charge in [-0.25, -0.2) is 0 Å². The van der Waals surface area contributed by atoms with Crippen molar-refractivity contribution in [3.05, 3.63) is 0 Å². The lowest BCUT2D eigenvalue weighted by atomic mass is 10.2. The Morgan fingerprint density at radius 1 is 1.38 bits per heavy atom. The van der Waals surface area contributed by atoms with E-state index < -0.39 is 6.04 Å². The van der Waals surface area contributed by atoms with Gasteiger partial charge in [-0.15, -0.1) is 0 Å². The van der Waals surface area contributed by atoms with Crippen molar-refractivity contribution in [1.82, 2.24) is 10.6 Å². The summed E-state index contributed by atoms with van der Waals surface area (Å²) in [6.07, 6.45) is 0. The van der Waals surface area contributed by atoms with Gasteiger partial charge in [0.2, 0.25) is 11.8 Å². The Kier molecular flexibility index (Phi) is 8.56. The highest BCUT2D eigenvalue weighted by Gasteiger charge is 2.18. The molecule has 0 radical (unpaired) electrons. The molecule has 2 atom stereocenters. The van der Waals surface area contributed by atoms with Gasteiger partial charge in [-0.3, -0.25) is 9.59 Å². The van der Waals surface area contributed by atoms with Gasteiger partial charge in [-0.2, -0.15) is 24.4 Å². The van der Waals surface area contributed by atoms with Gasteiger partial charge in [-0.05, 0) is 12.7 Å². The summed E-state index contributed by atoms with van der Waals surface area (Å²) in [6, 6.07) is -0.441. The van der Waals surface area contributed by atoms with Gasteiger partial charge >= 0.3 is 0 Å². The van der Waals surface area contributed by atoms with E-state index in [0.29, 0.717) is 5.75 Å². The molecule has 0 aliphatic heterocycles. The summed E-state index contributed by atoms with van der Waals surface area (Å²) in [5.41, 5.74) is 0. The largest absolute Gasteiger partial charge is 0.351 e. The van der Waals surface area contributed by atoms with Crippen LogP contribution in [0.4, 0.5) is 0 Å². The zero-order valence-electron chi connectivity index (χ0n) is 9.95. The van der Waals surface area contributed by atoms with Crippen molar-refractivity contribution in [2.45, 2.75) is 32.9 Å². The van der Waals surface area contributed by atoms with Crippen molar-refractivity contribution in [2.75, 3.05) is 17.3 Å². The van der Waals surface area contributed by atoms with E-state index >= 15 is 0 Å². The molecule has 94 valence electrons. The van der Waals surface area contributed by atoms with E-state index in [1.165, 1.54) is 6.92 Å². The van der Waals surface area contributed by atoms with E-state index in [1.54, 1.807) is 11.8 Å². The number of hydrogen-bond acceptors (Lipinski definition) is 4. The van der Waals surface area contributed by atoms with Gasteiger partial charge in [0.15, 0.2) is 0 Å². The van der Waals surface area contributed by atoms with E-state index in [9.17, 15) is 9.59 Å². The number of amides is 2. The first kappa shape index (κ1) is 15.6. The topological polar surface area (TPSA) is 58.2 Å². The minimum absolute atomic E-state index is 0.105. The molecule has 2 amide bonds. The lowest BCUT2D eigenvalue weighted by Crippen LogP contribution is -2.50. The number of carbonyl (C=O) groups is 2. The summed E-state index contributed by atoms with van der Waals surface area (Å²) in [7, 11) is 0. The second-order valence-electron chi connectivity index (χ2n) is 3.50. The molecule has 0 saturated carbocycles. The van der Waals surface area contributed by atoms with Crippen molar-refractivity contribution in [3.63, 3.8) is 0 Å². The van der Waals surface area contributed by atoms with Gasteiger partial charge in [0.25, 0.3) is 0 Å². The number of nitrogens with one attached hydrogen (secondary N) is 2. The predicted octanol–water partition coefficient (Wildman–Crippen LogP) is 0.679. The van der Waals surface area contributed by atoms with E-state index in [4.69, 9.17) is 0 Å². The average Bonchev–Trinajstić information content (AvgIpc) is 2.22. The van der Waals surface area contributed by atoms with Crippen LogP contribution in [0.15, 0.2) is 0 Å². The van der Waals surface area contributed by atoms with Crippen LogP contribution in [0.2, 0.25) is 0 Å². The van der Waals surface area contributed by atoms with E-state index in [-0.39, 0.29) is 17.9 Å². The maximum absolute atomic E-state index is 11.7. The number of hydrogen-bond donors (Lipinski definition) is 3. The molecule has 0 aliphatic carbocycles. The molecule has 2 unspecified atom stereocenters. The van der Waals surface area contributed by atoms with E-state index in [1.807, 2.05) is 6.92 Å². The van der Waals surface area contributed by atoms with Crippen LogP contribution in [0.25, 0.3) is 0 Å². The van der Waals surface area contributed by atoms with Gasteiger partial charge in [-0.1, -0.05) is 6.92 Å². The first-order chi connectivity index (χ1) is 7.51. The summed E-state index contributed by atoms with van der Waals surface area (Å²) < 4.78 is 0. The molecule has 0 aliphatic rings. The van der Waals surface area contributed by atoms with Crippen LogP contribution in [-0.4, -0.2) is 41.2 Å². The fourth-order valence-electron chi connectivity index (χ4n) is 1.12. The molecule has 0 saturated heterocycles. The lowest BCUT2D eigenvalue weighted by molar-refractivity contribution is -0.127. The molecule has 6 heteroatoms. The van der Waals surface area contributed by atoms with Crippen molar-refractivity contribution >= 4 is 36.2 Å². The maximum Gasteiger partial charge on any atom is 0.243 e. The summed E-state index contributed by atoms with van der Waals surface area (Å²) >= 11 is 5.81. The molecule has 0 spiro atoms. The second-order valence-corrected chi connectivity index (χ2v) is 5.19. The van der Waals surface area contributed by atoms with Gasteiger partial charge in [0.1, 0.15) is 6.04 Å². The molecule has 0 aromatic carbocycles. The number of thiol groups is 1. The minimum Gasteiger partial charge on any atom is -0.351 e. The Hall–Kier alpha value is -0.360. The standard InChI is InChI=1S/C10H20N2O2S2/c1-4-16-6-7(2)11-10(14)9(5-15)12-8(3)13/h7,9,15H,4-6H2,1-3H3,(H,11,14)(H,12,13). The van der Waals surface area contributed by atoms with Crippen molar-refractivity contribution in [1.29, 1.82) is 0 Å². The van der Waals surface area contributed by atoms with Crippen LogP contribution in [0.1, 0.15) is 20.8 Å². The van der Waals surface area contributed by atoms with Crippen LogP contribution in [-0.2, 0) is 9.59 Å². The third kappa shape index (κ3) is 7.00. The number of thioether (sulfide) groups is 1. The van der Waals surface area contributed by atoms with E-state index in [2.05, 4.69) is 30.2 Å². The summed E-state index contributed by atoms with van der Waals surface area (Å²) in [5.74, 6) is 1.82. The Morgan fingerprint density at radius 3 is 2.44 bits per heavy atom. The highest BCUT2D eigenvalue weighted by atomic mass is 32.2. The molecule has 0 heterocycles. The van der Waals surface area contributed by atoms with Crippen LogP contribution < -0.4 is 10.6 Å². The smallest absolute Gasteiger partial charge is 0.243 e. The second kappa shape index (κ2) is 8.75. The molecular weight excluding hydrogens is 244 g/mol. The Balaban J connectivity index is 4.04. The highest BCUT2D eigenvalue weighted by Crippen LogP contribution is 2.01. The molecule has 4 nitrogen and oxygen atoms in total. The summed E-state index contributed by atoms with van der Waals surface area (Å²) in [4.78, 5) is 22.5. The molecule has 16 heavy (non-hydrogen) atoms. The Morgan fingerprint density at radius 2 is 2.00 bits per heavy atom. The molecule has 0 fully saturated rings. The molecule has 0 bridgehead atoms. The quantitative estimate of drug-likeness (QED) is 0.593. The van der Waals surface area contributed by atoms with Gasteiger partial charge in [0.05, 0.1) is 0 Å². The van der Waals surface area contributed by atoms with Gasteiger partial charge < -0.3 is 10.6 Å². The average molecular weight is 264 g/mol. The monoisotopic (exact) mass is 264 g/mol. The Labute approximate surface area is 107 Å². The number of rotatable bonds is 7. The zero-order chi connectivity index (χ0) is 12.6. The minimum atomic E-state index is -0.546. The fraction of sp³-hybridized carbons (Fsp3) is 0.800. The van der Waals surface area contributed by atoms with Crippen molar-refractivity contribution < 1.29 is 9.59 Å². The van der Waals surface area contributed by atoms with Crippen LogP contribution in [0, 0.1) is 0 Å². The Bertz CT molecular complexity index is 237. The highest BCUT2D eigenvalue weighted by molar-refractivity contribution is 7.99. The normalized spacial score (nSPS) is 14.0. The first-order valence-electron chi connectivity index (χ1n) is 5.27. The molecule has 0 rings (SSSR count). The predicted molar refractivity (Wildman–Crippen MR) is 72.1 cm³/mol. The molecule has 0 aromatic heterocycles. The van der Waals surface area contributed by atoms with E-state index in [0.717, 1.165) is 11.5 Å². The van der Waals surface area contributed by atoms with Crippen LogP contribution >= 0.6 is 24.4 Å².